The summed E-state index contributed by atoms with van der Waals surface area (Å²) < 4.78 is 0. The minimum absolute atomic E-state index is 0.243. The smallest absolute Gasteiger partial charge is 0.0466 e. The average molecular weight is 157 g/mol. The fraction of sp³-hybridized carbons (Fsp3) is 0.778. The van der Waals surface area contributed by atoms with E-state index < -0.39 is 0 Å². The van der Waals surface area contributed by atoms with Crippen molar-refractivity contribution in [2.45, 2.75) is 32.6 Å². The maximum atomic E-state index is 8.43. The standard InChI is InChI=1S/C9H19NO/c1-2-3-4-7-10-8-5-6-9-11/h5,8,10-11H,2-4,6-7,9H2,1H3. The van der Waals surface area contributed by atoms with Gasteiger partial charge in [0.2, 0.25) is 0 Å². The zero-order valence-electron chi connectivity index (χ0n) is 7.34. The molecule has 66 valence electrons. The van der Waals surface area contributed by atoms with Crippen LogP contribution in [-0.2, 0) is 0 Å². The van der Waals surface area contributed by atoms with Crippen molar-refractivity contribution in [3.8, 4) is 0 Å². The van der Waals surface area contributed by atoms with Crippen molar-refractivity contribution in [1.82, 2.24) is 5.32 Å². The quantitative estimate of drug-likeness (QED) is 0.551. The van der Waals surface area contributed by atoms with Gasteiger partial charge >= 0.3 is 0 Å². The fourth-order valence-electron chi connectivity index (χ4n) is 0.802. The largest absolute Gasteiger partial charge is 0.396 e. The van der Waals surface area contributed by atoms with Crippen LogP contribution in [0, 0.1) is 0 Å². The van der Waals surface area contributed by atoms with Gasteiger partial charge in [0.1, 0.15) is 0 Å². The van der Waals surface area contributed by atoms with Crippen molar-refractivity contribution < 1.29 is 5.11 Å². The Morgan fingerprint density at radius 2 is 2.18 bits per heavy atom. The van der Waals surface area contributed by atoms with Crippen LogP contribution in [0.3, 0.4) is 0 Å². The molecule has 0 amide bonds. The van der Waals surface area contributed by atoms with Crippen LogP contribution in [0.15, 0.2) is 12.3 Å². The van der Waals surface area contributed by atoms with E-state index in [9.17, 15) is 0 Å². The first-order valence-corrected chi connectivity index (χ1v) is 4.41. The van der Waals surface area contributed by atoms with Crippen LogP contribution in [0.5, 0.6) is 0 Å². The number of aliphatic hydroxyl groups excluding tert-OH is 1. The lowest BCUT2D eigenvalue weighted by Gasteiger charge is -1.97. The van der Waals surface area contributed by atoms with Gasteiger partial charge in [0.25, 0.3) is 0 Å². The maximum absolute atomic E-state index is 8.43. The van der Waals surface area contributed by atoms with Gasteiger partial charge in [-0.25, -0.2) is 0 Å². The number of hydrogen-bond acceptors (Lipinski definition) is 2. The Bertz CT molecular complexity index is 91.6. The Morgan fingerprint density at radius 3 is 2.82 bits per heavy atom. The lowest BCUT2D eigenvalue weighted by Crippen LogP contribution is -2.06. The van der Waals surface area contributed by atoms with E-state index in [1.807, 2.05) is 12.3 Å². The summed E-state index contributed by atoms with van der Waals surface area (Å²) in [7, 11) is 0. The lowest BCUT2D eigenvalue weighted by atomic mass is 10.2. The first kappa shape index (κ1) is 10.5. The monoisotopic (exact) mass is 157 g/mol. The van der Waals surface area contributed by atoms with E-state index in [1.54, 1.807) is 0 Å². The molecular weight excluding hydrogens is 138 g/mol. The molecule has 0 saturated heterocycles. The first-order chi connectivity index (χ1) is 5.41. The van der Waals surface area contributed by atoms with Crippen LogP contribution in [0.25, 0.3) is 0 Å². The molecule has 0 aromatic rings. The zero-order valence-corrected chi connectivity index (χ0v) is 7.34. The molecule has 0 bridgehead atoms. The highest BCUT2D eigenvalue weighted by atomic mass is 16.2. The minimum Gasteiger partial charge on any atom is -0.396 e. The van der Waals surface area contributed by atoms with Gasteiger partial charge in [-0.1, -0.05) is 25.8 Å². The second kappa shape index (κ2) is 9.50. The van der Waals surface area contributed by atoms with Crippen LogP contribution >= 0.6 is 0 Å². The molecule has 0 aromatic heterocycles. The second-order valence-corrected chi connectivity index (χ2v) is 2.58. The highest BCUT2D eigenvalue weighted by molar-refractivity contribution is 4.78. The van der Waals surface area contributed by atoms with E-state index in [0.29, 0.717) is 0 Å². The van der Waals surface area contributed by atoms with Crippen molar-refractivity contribution in [3.05, 3.63) is 12.3 Å². The lowest BCUT2D eigenvalue weighted by molar-refractivity contribution is 0.302. The molecule has 0 heterocycles. The molecule has 2 heteroatoms. The fourth-order valence-corrected chi connectivity index (χ4v) is 0.802. The number of nitrogens with one attached hydrogen (secondary N) is 1. The SMILES string of the molecule is CCCCCNC=CCCO. The van der Waals surface area contributed by atoms with Crippen molar-refractivity contribution in [2.75, 3.05) is 13.2 Å². The highest BCUT2D eigenvalue weighted by Gasteiger charge is 1.81. The molecule has 0 atom stereocenters. The summed E-state index contributed by atoms with van der Waals surface area (Å²) in [5.74, 6) is 0. The van der Waals surface area contributed by atoms with E-state index >= 15 is 0 Å². The Hall–Kier alpha value is -0.500. The Morgan fingerprint density at radius 1 is 1.36 bits per heavy atom. The summed E-state index contributed by atoms with van der Waals surface area (Å²) >= 11 is 0. The van der Waals surface area contributed by atoms with Gasteiger partial charge in [-0.3, -0.25) is 0 Å². The molecule has 0 fully saturated rings. The summed E-state index contributed by atoms with van der Waals surface area (Å²) in [5.41, 5.74) is 0. The molecule has 0 saturated carbocycles. The molecule has 2 N–H and O–H groups in total. The Balaban J connectivity index is 2.89. The third kappa shape index (κ3) is 9.50. The number of unbranched alkanes of at least 4 members (excludes halogenated alkanes) is 2. The van der Waals surface area contributed by atoms with Crippen molar-refractivity contribution in [1.29, 1.82) is 0 Å². The van der Waals surface area contributed by atoms with Crippen LogP contribution in [0.2, 0.25) is 0 Å². The molecule has 0 unspecified atom stereocenters. The molecule has 0 aromatic carbocycles. The van der Waals surface area contributed by atoms with Crippen LogP contribution in [0.1, 0.15) is 32.6 Å². The molecule has 0 radical (unpaired) electrons. The molecule has 11 heavy (non-hydrogen) atoms. The summed E-state index contributed by atoms with van der Waals surface area (Å²) in [6.45, 7) is 3.49. The van der Waals surface area contributed by atoms with Gasteiger partial charge < -0.3 is 10.4 Å². The van der Waals surface area contributed by atoms with Crippen LogP contribution < -0.4 is 5.32 Å². The first-order valence-electron chi connectivity index (χ1n) is 4.41. The Labute approximate surface area is 69.3 Å². The van der Waals surface area contributed by atoms with E-state index in [-0.39, 0.29) is 6.61 Å². The normalized spacial score (nSPS) is 10.7. The third-order valence-corrected chi connectivity index (χ3v) is 1.46. The van der Waals surface area contributed by atoms with E-state index in [4.69, 9.17) is 5.11 Å². The van der Waals surface area contributed by atoms with Crippen molar-refractivity contribution in [2.24, 2.45) is 0 Å². The van der Waals surface area contributed by atoms with E-state index in [2.05, 4.69) is 12.2 Å². The summed E-state index contributed by atoms with van der Waals surface area (Å²) in [4.78, 5) is 0. The predicted octanol–water partition coefficient (Wildman–Crippen LogP) is 1.66. The average Bonchev–Trinajstić information content (AvgIpc) is 2.03. The zero-order chi connectivity index (χ0) is 8.36. The van der Waals surface area contributed by atoms with Crippen LogP contribution in [-0.4, -0.2) is 18.3 Å². The summed E-state index contributed by atoms with van der Waals surface area (Å²) in [6, 6.07) is 0. The number of rotatable bonds is 7. The molecular formula is C9H19NO. The molecule has 0 spiro atoms. The molecule has 0 rings (SSSR count). The van der Waals surface area contributed by atoms with Gasteiger partial charge in [0, 0.05) is 13.2 Å². The van der Waals surface area contributed by atoms with Gasteiger partial charge in [-0.2, -0.15) is 0 Å². The van der Waals surface area contributed by atoms with Gasteiger partial charge in [0.15, 0.2) is 0 Å². The minimum atomic E-state index is 0.243. The third-order valence-electron chi connectivity index (χ3n) is 1.46. The summed E-state index contributed by atoms with van der Waals surface area (Å²) in [6.07, 6.45) is 8.42. The van der Waals surface area contributed by atoms with Gasteiger partial charge in [-0.05, 0) is 19.0 Å². The molecule has 0 aliphatic carbocycles. The topological polar surface area (TPSA) is 32.3 Å². The Kier molecular flexibility index (Phi) is 9.07. The highest BCUT2D eigenvalue weighted by Crippen LogP contribution is 1.90. The second-order valence-electron chi connectivity index (χ2n) is 2.58. The number of aliphatic hydroxyl groups is 1. The maximum Gasteiger partial charge on any atom is 0.0466 e. The van der Waals surface area contributed by atoms with Crippen molar-refractivity contribution >= 4 is 0 Å². The van der Waals surface area contributed by atoms with Crippen molar-refractivity contribution in [3.63, 3.8) is 0 Å². The number of hydrogen-bond donors (Lipinski definition) is 2. The van der Waals surface area contributed by atoms with Gasteiger partial charge in [-0.15, -0.1) is 0 Å². The predicted molar refractivity (Wildman–Crippen MR) is 48.4 cm³/mol. The molecule has 0 aliphatic rings. The van der Waals surface area contributed by atoms with Gasteiger partial charge in [0.05, 0.1) is 0 Å². The summed E-state index contributed by atoms with van der Waals surface area (Å²) in [5, 5.41) is 11.6. The molecule has 0 aliphatic heterocycles. The molecule has 2 nitrogen and oxygen atoms in total. The van der Waals surface area contributed by atoms with Crippen LogP contribution in [0.4, 0.5) is 0 Å². The van der Waals surface area contributed by atoms with E-state index in [1.165, 1.54) is 19.3 Å². The van der Waals surface area contributed by atoms with E-state index in [0.717, 1.165) is 13.0 Å².